The minimum absolute atomic E-state index is 0.476. The molecule has 0 N–H and O–H groups in total. The molecule has 2 nitrogen and oxygen atoms in total. The molecule has 1 aliphatic rings. The molecular formula is C17H24N2. The number of likely N-dealkylation sites (tertiary alicyclic amines) is 1. The average Bonchev–Trinajstić information content (AvgIpc) is 2.47. The van der Waals surface area contributed by atoms with Crippen LogP contribution < -0.4 is 0 Å². The number of piperidine rings is 1. The van der Waals surface area contributed by atoms with Crippen LogP contribution in [0.1, 0.15) is 57.1 Å². The second kappa shape index (κ2) is 5.75. The summed E-state index contributed by atoms with van der Waals surface area (Å²) < 4.78 is 0. The lowest BCUT2D eigenvalue weighted by molar-refractivity contribution is 0.123. The second-order valence-corrected chi connectivity index (χ2v) is 6.01. The number of nitriles is 1. The van der Waals surface area contributed by atoms with Gasteiger partial charge in [-0.25, -0.2) is 0 Å². The first-order chi connectivity index (χ1) is 9.08. The third-order valence-corrected chi connectivity index (χ3v) is 4.35. The number of hydrogen-bond acceptors (Lipinski definition) is 2. The van der Waals surface area contributed by atoms with E-state index >= 15 is 0 Å². The van der Waals surface area contributed by atoms with Gasteiger partial charge in [-0.1, -0.05) is 44.5 Å². The molecule has 102 valence electrons. The normalized spacial score (nSPS) is 19.9. The summed E-state index contributed by atoms with van der Waals surface area (Å²) in [4.78, 5) is 2.33. The Labute approximate surface area is 117 Å². The minimum Gasteiger partial charge on any atom is -0.282 e. The molecular weight excluding hydrogens is 232 g/mol. The molecule has 1 heterocycles. The highest BCUT2D eigenvalue weighted by molar-refractivity contribution is 5.34. The zero-order chi connectivity index (χ0) is 13.9. The van der Waals surface area contributed by atoms with Gasteiger partial charge in [0.05, 0.1) is 6.07 Å². The summed E-state index contributed by atoms with van der Waals surface area (Å²) in [5, 5.41) is 9.68. The molecule has 0 saturated carbocycles. The fourth-order valence-electron chi connectivity index (χ4n) is 2.85. The number of benzene rings is 1. The second-order valence-electron chi connectivity index (χ2n) is 6.01. The first-order valence-electron chi connectivity index (χ1n) is 7.34. The van der Waals surface area contributed by atoms with Crippen LogP contribution >= 0.6 is 0 Å². The lowest BCUT2D eigenvalue weighted by Crippen LogP contribution is -2.45. The first kappa shape index (κ1) is 14.1. The predicted octanol–water partition coefficient (Wildman–Crippen LogP) is 4.03. The van der Waals surface area contributed by atoms with Gasteiger partial charge in [0, 0.05) is 0 Å². The zero-order valence-corrected chi connectivity index (χ0v) is 12.3. The standard InChI is InChI=1S/C17H24N2/c1-14(2)15-7-9-16(10-8-15)17(3,13-18)19-11-5-4-6-12-19/h7-10,14H,4-6,11-12H2,1-3H3. The van der Waals surface area contributed by atoms with Crippen LogP contribution in [0.25, 0.3) is 0 Å². The topological polar surface area (TPSA) is 27.0 Å². The molecule has 1 fully saturated rings. The van der Waals surface area contributed by atoms with Crippen molar-refractivity contribution in [1.82, 2.24) is 4.90 Å². The molecule has 1 aromatic carbocycles. The maximum atomic E-state index is 9.68. The van der Waals surface area contributed by atoms with Crippen molar-refractivity contribution in [3.63, 3.8) is 0 Å². The quantitative estimate of drug-likeness (QED) is 0.816. The Kier molecular flexibility index (Phi) is 4.27. The molecule has 2 rings (SSSR count). The molecule has 1 unspecified atom stereocenters. The van der Waals surface area contributed by atoms with Crippen molar-refractivity contribution >= 4 is 0 Å². The first-order valence-corrected chi connectivity index (χ1v) is 7.34. The summed E-state index contributed by atoms with van der Waals surface area (Å²) in [6, 6.07) is 11.1. The third kappa shape index (κ3) is 2.82. The van der Waals surface area contributed by atoms with Crippen molar-refractivity contribution in [2.45, 2.75) is 51.5 Å². The summed E-state index contributed by atoms with van der Waals surface area (Å²) in [6.07, 6.45) is 3.72. The lowest BCUT2D eigenvalue weighted by Gasteiger charge is -2.39. The Morgan fingerprint density at radius 1 is 1.11 bits per heavy atom. The summed E-state index contributed by atoms with van der Waals surface area (Å²) in [5.74, 6) is 0.539. The van der Waals surface area contributed by atoms with Crippen molar-refractivity contribution in [3.05, 3.63) is 35.4 Å². The molecule has 1 atom stereocenters. The van der Waals surface area contributed by atoms with Gasteiger partial charge in [0.1, 0.15) is 5.54 Å². The molecule has 1 aliphatic heterocycles. The van der Waals surface area contributed by atoms with Crippen LogP contribution in [0.4, 0.5) is 0 Å². The highest BCUT2D eigenvalue weighted by Crippen LogP contribution is 2.31. The number of rotatable bonds is 3. The van der Waals surface area contributed by atoms with Crippen molar-refractivity contribution in [1.29, 1.82) is 5.26 Å². The molecule has 0 radical (unpaired) electrons. The van der Waals surface area contributed by atoms with E-state index in [0.29, 0.717) is 5.92 Å². The van der Waals surface area contributed by atoms with E-state index in [4.69, 9.17) is 0 Å². The Bertz CT molecular complexity index is 449. The van der Waals surface area contributed by atoms with E-state index in [2.05, 4.69) is 56.0 Å². The Hall–Kier alpha value is -1.33. The Morgan fingerprint density at radius 2 is 1.68 bits per heavy atom. The zero-order valence-electron chi connectivity index (χ0n) is 12.3. The van der Waals surface area contributed by atoms with E-state index in [1.165, 1.54) is 24.8 Å². The summed E-state index contributed by atoms with van der Waals surface area (Å²) >= 11 is 0. The highest BCUT2D eigenvalue weighted by atomic mass is 15.2. The van der Waals surface area contributed by atoms with Crippen LogP contribution in [-0.4, -0.2) is 18.0 Å². The van der Waals surface area contributed by atoms with E-state index in [9.17, 15) is 5.26 Å². The van der Waals surface area contributed by atoms with Gasteiger partial charge in [-0.2, -0.15) is 5.26 Å². The maximum absolute atomic E-state index is 9.68. The average molecular weight is 256 g/mol. The molecule has 19 heavy (non-hydrogen) atoms. The fraction of sp³-hybridized carbons (Fsp3) is 0.588. The minimum atomic E-state index is -0.476. The van der Waals surface area contributed by atoms with Crippen molar-refractivity contribution in [2.24, 2.45) is 0 Å². The summed E-state index contributed by atoms with van der Waals surface area (Å²) in [5.41, 5.74) is 1.99. The third-order valence-electron chi connectivity index (χ3n) is 4.35. The predicted molar refractivity (Wildman–Crippen MR) is 78.9 cm³/mol. The van der Waals surface area contributed by atoms with E-state index in [-0.39, 0.29) is 0 Å². The number of nitrogens with zero attached hydrogens (tertiary/aromatic N) is 2. The van der Waals surface area contributed by atoms with Crippen LogP contribution in [-0.2, 0) is 5.54 Å². The lowest BCUT2D eigenvalue weighted by atomic mass is 9.88. The van der Waals surface area contributed by atoms with E-state index < -0.39 is 5.54 Å². The maximum Gasteiger partial charge on any atom is 0.131 e. The van der Waals surface area contributed by atoms with Crippen LogP contribution in [0.3, 0.4) is 0 Å². The molecule has 2 heteroatoms. The molecule has 1 aromatic rings. The number of hydrogen-bond donors (Lipinski definition) is 0. The van der Waals surface area contributed by atoms with Gasteiger partial charge in [-0.15, -0.1) is 0 Å². The summed E-state index contributed by atoms with van der Waals surface area (Å²) in [7, 11) is 0. The van der Waals surface area contributed by atoms with Gasteiger partial charge in [0.15, 0.2) is 0 Å². The van der Waals surface area contributed by atoms with Crippen molar-refractivity contribution < 1.29 is 0 Å². The Morgan fingerprint density at radius 3 is 2.16 bits per heavy atom. The monoisotopic (exact) mass is 256 g/mol. The van der Waals surface area contributed by atoms with E-state index in [1.807, 2.05) is 0 Å². The Balaban J connectivity index is 2.27. The van der Waals surface area contributed by atoms with Gasteiger partial charge in [-0.05, 0) is 49.9 Å². The molecule has 0 amide bonds. The van der Waals surface area contributed by atoms with E-state index in [1.54, 1.807) is 0 Å². The van der Waals surface area contributed by atoms with Gasteiger partial charge in [0.25, 0.3) is 0 Å². The summed E-state index contributed by atoms with van der Waals surface area (Å²) in [6.45, 7) is 8.53. The van der Waals surface area contributed by atoms with Crippen molar-refractivity contribution in [2.75, 3.05) is 13.1 Å². The highest BCUT2D eigenvalue weighted by Gasteiger charge is 2.34. The molecule has 0 aromatic heterocycles. The molecule has 1 saturated heterocycles. The largest absolute Gasteiger partial charge is 0.282 e. The smallest absolute Gasteiger partial charge is 0.131 e. The fourth-order valence-corrected chi connectivity index (χ4v) is 2.85. The van der Waals surface area contributed by atoms with Crippen LogP contribution in [0.5, 0.6) is 0 Å². The van der Waals surface area contributed by atoms with Gasteiger partial charge in [-0.3, -0.25) is 4.90 Å². The molecule has 0 bridgehead atoms. The van der Waals surface area contributed by atoms with Gasteiger partial charge >= 0.3 is 0 Å². The van der Waals surface area contributed by atoms with E-state index in [0.717, 1.165) is 18.7 Å². The van der Waals surface area contributed by atoms with Crippen molar-refractivity contribution in [3.8, 4) is 6.07 Å². The van der Waals surface area contributed by atoms with Crippen LogP contribution in [0.2, 0.25) is 0 Å². The van der Waals surface area contributed by atoms with Crippen LogP contribution in [0, 0.1) is 11.3 Å². The van der Waals surface area contributed by atoms with Crippen LogP contribution in [0.15, 0.2) is 24.3 Å². The molecule has 0 aliphatic carbocycles. The van der Waals surface area contributed by atoms with Gasteiger partial charge in [0.2, 0.25) is 0 Å². The molecule has 0 spiro atoms. The van der Waals surface area contributed by atoms with Gasteiger partial charge < -0.3 is 0 Å². The SMILES string of the molecule is CC(C)c1ccc(C(C)(C#N)N2CCCCC2)cc1.